The minimum Gasteiger partial charge on any atom is -0.0824 e. The Hall–Kier alpha value is -1.31. The van der Waals surface area contributed by atoms with Gasteiger partial charge in [-0.2, -0.15) is 0 Å². The van der Waals surface area contributed by atoms with Gasteiger partial charge in [0.25, 0.3) is 0 Å². The van der Waals surface area contributed by atoms with E-state index in [-0.39, 0.29) is 0 Å². The molecule has 0 nitrogen and oxygen atoms in total. The van der Waals surface area contributed by atoms with Crippen LogP contribution in [0.1, 0.15) is 0 Å². The lowest BCUT2D eigenvalue weighted by Crippen LogP contribution is -1.85. The van der Waals surface area contributed by atoms with Crippen molar-refractivity contribution in [1.82, 2.24) is 0 Å². The molecule has 0 N–H and O–H groups in total. The zero-order valence-corrected chi connectivity index (χ0v) is 11.7. The first kappa shape index (κ1) is 10.6. The number of benzene rings is 4. The predicted molar refractivity (Wildman–Crippen MR) is 82.9 cm³/mol. The second-order valence-electron chi connectivity index (χ2n) is 4.53. The van der Waals surface area contributed by atoms with Crippen molar-refractivity contribution in [3.05, 3.63) is 58.0 Å². The second-order valence-corrected chi connectivity index (χ2v) is 5.76. The van der Waals surface area contributed by atoms with Crippen LogP contribution in [0.2, 0.25) is 5.02 Å². The molecule has 0 spiro atoms. The summed E-state index contributed by atoms with van der Waals surface area (Å²) in [6.07, 6.45) is 0. The summed E-state index contributed by atoms with van der Waals surface area (Å²) >= 11 is 9.93. The molecule has 86 valence electrons. The van der Waals surface area contributed by atoms with Crippen LogP contribution < -0.4 is 0 Å². The normalized spacial score (nSPS) is 11.9. The number of rotatable bonds is 0. The van der Waals surface area contributed by atoms with E-state index in [2.05, 4.69) is 64.5 Å². The van der Waals surface area contributed by atoms with E-state index in [4.69, 9.17) is 11.6 Å². The third kappa shape index (κ3) is 1.26. The van der Waals surface area contributed by atoms with Crippen LogP contribution in [0.5, 0.6) is 0 Å². The molecular formula is C16H8BrCl. The molecule has 0 heterocycles. The molecule has 0 aliphatic heterocycles. The summed E-state index contributed by atoms with van der Waals surface area (Å²) in [5.74, 6) is 0. The van der Waals surface area contributed by atoms with E-state index in [9.17, 15) is 0 Å². The van der Waals surface area contributed by atoms with Crippen molar-refractivity contribution in [2.24, 2.45) is 0 Å². The zero-order valence-electron chi connectivity index (χ0n) is 9.37. The molecule has 0 aromatic heterocycles. The SMILES string of the molecule is Clc1c(Br)cc2ccc3cccc4ccc1c2c34. The highest BCUT2D eigenvalue weighted by Crippen LogP contribution is 2.40. The highest BCUT2D eigenvalue weighted by atomic mass is 79.9. The minimum atomic E-state index is 0.792. The fourth-order valence-corrected chi connectivity index (χ4v) is 3.41. The van der Waals surface area contributed by atoms with Gasteiger partial charge in [-0.1, -0.05) is 54.1 Å². The van der Waals surface area contributed by atoms with Crippen molar-refractivity contribution in [2.45, 2.75) is 0 Å². The van der Waals surface area contributed by atoms with Gasteiger partial charge in [0.15, 0.2) is 0 Å². The van der Waals surface area contributed by atoms with Gasteiger partial charge in [-0.3, -0.25) is 0 Å². The van der Waals surface area contributed by atoms with E-state index in [0.29, 0.717) is 0 Å². The summed E-state index contributed by atoms with van der Waals surface area (Å²) in [5, 5.41) is 8.24. The first-order valence-corrected chi connectivity index (χ1v) is 6.94. The first-order valence-electron chi connectivity index (χ1n) is 5.77. The lowest BCUT2D eigenvalue weighted by molar-refractivity contribution is 1.74. The minimum absolute atomic E-state index is 0.792. The van der Waals surface area contributed by atoms with Crippen molar-refractivity contribution >= 4 is 59.8 Å². The molecule has 4 aromatic rings. The van der Waals surface area contributed by atoms with Gasteiger partial charge in [0.05, 0.1) is 5.02 Å². The van der Waals surface area contributed by atoms with E-state index in [1.807, 2.05) is 0 Å². The van der Waals surface area contributed by atoms with Crippen LogP contribution in [0.4, 0.5) is 0 Å². The van der Waals surface area contributed by atoms with Crippen LogP contribution in [0, 0.1) is 0 Å². The highest BCUT2D eigenvalue weighted by Gasteiger charge is 2.11. The maximum atomic E-state index is 6.40. The second kappa shape index (κ2) is 3.59. The Kier molecular flexibility index (Phi) is 2.12. The van der Waals surface area contributed by atoms with Crippen LogP contribution in [0.3, 0.4) is 0 Å². The monoisotopic (exact) mass is 314 g/mol. The third-order valence-corrected chi connectivity index (χ3v) is 4.80. The third-order valence-electron chi connectivity index (χ3n) is 3.54. The molecule has 0 fully saturated rings. The fraction of sp³-hybridized carbons (Fsp3) is 0. The average molecular weight is 316 g/mol. The Morgan fingerprint density at radius 2 is 1.44 bits per heavy atom. The van der Waals surface area contributed by atoms with Gasteiger partial charge in [-0.05, 0) is 48.9 Å². The summed E-state index contributed by atoms with van der Waals surface area (Å²) in [6, 6.07) is 17.1. The van der Waals surface area contributed by atoms with E-state index < -0.39 is 0 Å². The average Bonchev–Trinajstić information content (AvgIpc) is 2.40. The molecule has 0 saturated heterocycles. The summed E-state index contributed by atoms with van der Waals surface area (Å²) in [6.45, 7) is 0. The van der Waals surface area contributed by atoms with Gasteiger partial charge < -0.3 is 0 Å². The van der Waals surface area contributed by atoms with Gasteiger partial charge in [0, 0.05) is 9.86 Å². The van der Waals surface area contributed by atoms with Gasteiger partial charge in [-0.15, -0.1) is 0 Å². The van der Waals surface area contributed by atoms with Crippen LogP contribution in [-0.4, -0.2) is 0 Å². The van der Waals surface area contributed by atoms with Gasteiger partial charge in [-0.25, -0.2) is 0 Å². The van der Waals surface area contributed by atoms with E-state index >= 15 is 0 Å². The van der Waals surface area contributed by atoms with E-state index in [1.165, 1.54) is 26.9 Å². The molecule has 2 heteroatoms. The zero-order chi connectivity index (χ0) is 12.3. The molecule has 0 atom stereocenters. The number of hydrogen-bond donors (Lipinski definition) is 0. The first-order chi connectivity index (χ1) is 8.75. The van der Waals surface area contributed by atoms with Gasteiger partial charge >= 0.3 is 0 Å². The Bertz CT molecular complexity index is 880. The molecule has 0 aliphatic carbocycles. The van der Waals surface area contributed by atoms with Crippen molar-refractivity contribution < 1.29 is 0 Å². The number of hydrogen-bond acceptors (Lipinski definition) is 0. The molecule has 0 unspecified atom stereocenters. The van der Waals surface area contributed by atoms with Gasteiger partial charge in [0.2, 0.25) is 0 Å². The maximum absolute atomic E-state index is 6.40. The Labute approximate surface area is 118 Å². The predicted octanol–water partition coefficient (Wildman–Crippen LogP) is 6.00. The van der Waals surface area contributed by atoms with Crippen molar-refractivity contribution in [3.8, 4) is 0 Å². The van der Waals surface area contributed by atoms with E-state index in [1.54, 1.807) is 0 Å². The van der Waals surface area contributed by atoms with Gasteiger partial charge in [0.1, 0.15) is 0 Å². The topological polar surface area (TPSA) is 0 Å². The number of halogens is 2. The van der Waals surface area contributed by atoms with Crippen molar-refractivity contribution in [3.63, 3.8) is 0 Å². The van der Waals surface area contributed by atoms with Crippen LogP contribution in [0.25, 0.3) is 32.3 Å². The molecule has 0 saturated carbocycles. The van der Waals surface area contributed by atoms with Crippen LogP contribution in [-0.2, 0) is 0 Å². The molecule has 4 rings (SSSR count). The summed E-state index contributed by atoms with van der Waals surface area (Å²) in [7, 11) is 0. The van der Waals surface area contributed by atoms with Crippen molar-refractivity contribution in [1.29, 1.82) is 0 Å². The largest absolute Gasteiger partial charge is 0.0824 e. The van der Waals surface area contributed by atoms with Crippen LogP contribution >= 0.6 is 27.5 Å². The quantitative estimate of drug-likeness (QED) is 0.349. The Morgan fingerprint density at radius 1 is 0.778 bits per heavy atom. The lowest BCUT2D eigenvalue weighted by atomic mass is 9.94. The molecule has 0 bridgehead atoms. The lowest BCUT2D eigenvalue weighted by Gasteiger charge is -2.12. The molecule has 0 radical (unpaired) electrons. The summed E-state index contributed by atoms with van der Waals surface area (Å²) < 4.78 is 0.954. The summed E-state index contributed by atoms with van der Waals surface area (Å²) in [5.41, 5.74) is 0. The van der Waals surface area contributed by atoms with E-state index in [0.717, 1.165) is 14.9 Å². The Balaban J connectivity index is 2.46. The fourth-order valence-electron chi connectivity index (χ4n) is 2.74. The molecule has 0 amide bonds. The highest BCUT2D eigenvalue weighted by molar-refractivity contribution is 9.10. The molecule has 18 heavy (non-hydrogen) atoms. The molecule has 0 aliphatic rings. The Morgan fingerprint density at radius 3 is 2.22 bits per heavy atom. The smallest absolute Gasteiger partial charge is 0.0627 e. The molecular weight excluding hydrogens is 308 g/mol. The van der Waals surface area contributed by atoms with Crippen molar-refractivity contribution in [2.75, 3.05) is 0 Å². The maximum Gasteiger partial charge on any atom is 0.0627 e. The van der Waals surface area contributed by atoms with Crippen LogP contribution in [0.15, 0.2) is 53.0 Å². The summed E-state index contributed by atoms with van der Waals surface area (Å²) in [4.78, 5) is 0. The molecule has 4 aromatic carbocycles. The standard InChI is InChI=1S/C16H8BrCl/c17-13-8-11-5-4-9-2-1-3-10-6-7-12(16(13)18)15(11)14(9)10/h1-8H.